The number of amidine groups is 1. The van der Waals surface area contributed by atoms with E-state index in [9.17, 15) is 0 Å². The van der Waals surface area contributed by atoms with Gasteiger partial charge in [-0.3, -0.25) is 10.3 Å². The normalized spacial score (nSPS) is 14.7. The van der Waals surface area contributed by atoms with Crippen molar-refractivity contribution in [3.63, 3.8) is 0 Å². The van der Waals surface area contributed by atoms with Crippen molar-refractivity contribution in [1.29, 1.82) is 5.41 Å². The van der Waals surface area contributed by atoms with Gasteiger partial charge >= 0.3 is 0 Å². The number of methoxy groups -OCH3 is 1. The van der Waals surface area contributed by atoms with Crippen LogP contribution in [0.15, 0.2) is 18.2 Å². The van der Waals surface area contributed by atoms with Gasteiger partial charge < -0.3 is 15.6 Å². The first-order chi connectivity index (χ1) is 9.15. The quantitative estimate of drug-likeness (QED) is 0.505. The molecule has 2 rings (SSSR count). The maximum atomic E-state index is 9.10. The highest BCUT2D eigenvalue weighted by Crippen LogP contribution is 2.29. The summed E-state index contributed by atoms with van der Waals surface area (Å²) in [6.45, 7) is 1.67. The molecule has 1 aromatic rings. The molecule has 1 aliphatic carbocycles. The van der Waals surface area contributed by atoms with E-state index in [1.54, 1.807) is 7.11 Å². The molecule has 4 N–H and O–H groups in total. The van der Waals surface area contributed by atoms with E-state index >= 15 is 0 Å². The number of aliphatic hydroxyl groups excluding tert-OH is 1. The summed E-state index contributed by atoms with van der Waals surface area (Å²) in [5, 5.41) is 16.6. The lowest BCUT2D eigenvalue weighted by atomic mass is 10.1. The number of ether oxygens (including phenoxy) is 1. The van der Waals surface area contributed by atoms with E-state index in [-0.39, 0.29) is 12.4 Å². The monoisotopic (exact) mass is 263 g/mol. The van der Waals surface area contributed by atoms with E-state index in [1.165, 1.54) is 12.8 Å². The molecule has 0 amide bonds. The number of nitrogens with two attached hydrogens (primary N) is 1. The summed E-state index contributed by atoms with van der Waals surface area (Å²) in [5.41, 5.74) is 7.24. The Morgan fingerprint density at radius 2 is 2.26 bits per heavy atom. The minimum Gasteiger partial charge on any atom is -0.496 e. The molecule has 0 radical (unpaired) electrons. The fraction of sp³-hybridized carbons (Fsp3) is 0.500. The predicted molar refractivity (Wildman–Crippen MR) is 74.5 cm³/mol. The van der Waals surface area contributed by atoms with Crippen molar-refractivity contribution < 1.29 is 9.84 Å². The van der Waals surface area contributed by atoms with Crippen LogP contribution >= 0.6 is 0 Å². The Kier molecular flexibility index (Phi) is 4.39. The van der Waals surface area contributed by atoms with E-state index in [4.69, 9.17) is 21.0 Å². The lowest BCUT2D eigenvalue weighted by Gasteiger charge is -2.21. The lowest BCUT2D eigenvalue weighted by Crippen LogP contribution is -2.28. The molecule has 1 aliphatic rings. The van der Waals surface area contributed by atoms with Crippen LogP contribution in [0.25, 0.3) is 0 Å². The van der Waals surface area contributed by atoms with Gasteiger partial charge in [0.2, 0.25) is 0 Å². The maximum absolute atomic E-state index is 9.10. The van der Waals surface area contributed by atoms with Crippen LogP contribution in [0, 0.1) is 5.41 Å². The van der Waals surface area contributed by atoms with E-state index in [1.807, 2.05) is 18.2 Å². The number of hydrogen-bond donors (Lipinski definition) is 3. The Morgan fingerprint density at radius 1 is 1.53 bits per heavy atom. The Balaban J connectivity index is 2.13. The van der Waals surface area contributed by atoms with Crippen LogP contribution in [-0.4, -0.2) is 42.1 Å². The minimum absolute atomic E-state index is 0.0119. The smallest absolute Gasteiger partial charge is 0.130 e. The zero-order valence-electron chi connectivity index (χ0n) is 11.2. The second kappa shape index (κ2) is 6.04. The summed E-state index contributed by atoms with van der Waals surface area (Å²) < 4.78 is 5.28. The molecule has 5 heteroatoms. The molecule has 0 unspecified atom stereocenters. The average Bonchev–Trinajstić information content (AvgIpc) is 3.22. The zero-order valence-corrected chi connectivity index (χ0v) is 11.2. The van der Waals surface area contributed by atoms with Gasteiger partial charge in [0.05, 0.1) is 19.3 Å². The standard InChI is InChI=1S/C14H21N3O2/c1-19-13-8-10(2-5-12(13)14(15)16)9-17(6-7-18)11-3-4-11/h2,5,8,11,18H,3-4,6-7,9H2,1H3,(H3,15,16). The van der Waals surface area contributed by atoms with Crippen LogP contribution in [0.5, 0.6) is 5.75 Å². The minimum atomic E-state index is 0.0119. The molecule has 0 aromatic heterocycles. The number of nitrogens with zero attached hydrogens (tertiary/aromatic N) is 1. The molecule has 104 valence electrons. The van der Waals surface area contributed by atoms with Gasteiger partial charge in [0, 0.05) is 19.1 Å². The molecule has 1 fully saturated rings. The first-order valence-electron chi connectivity index (χ1n) is 6.52. The van der Waals surface area contributed by atoms with Crippen LogP contribution in [-0.2, 0) is 6.54 Å². The zero-order chi connectivity index (χ0) is 13.8. The van der Waals surface area contributed by atoms with E-state index < -0.39 is 0 Å². The fourth-order valence-electron chi connectivity index (χ4n) is 2.25. The topological polar surface area (TPSA) is 82.6 Å². The summed E-state index contributed by atoms with van der Waals surface area (Å²) in [6.07, 6.45) is 2.42. The van der Waals surface area contributed by atoms with E-state index in [0.717, 1.165) is 12.1 Å². The first kappa shape index (κ1) is 13.8. The number of rotatable bonds is 7. The van der Waals surface area contributed by atoms with Crippen LogP contribution in [0.3, 0.4) is 0 Å². The second-order valence-electron chi connectivity index (χ2n) is 4.87. The highest BCUT2D eigenvalue weighted by molar-refractivity contribution is 5.97. The second-order valence-corrected chi connectivity index (χ2v) is 4.87. The van der Waals surface area contributed by atoms with Crippen LogP contribution in [0.4, 0.5) is 0 Å². The summed E-state index contributed by atoms with van der Waals surface area (Å²) in [7, 11) is 1.58. The molecular weight excluding hydrogens is 242 g/mol. The molecule has 0 aliphatic heterocycles. The van der Waals surface area contributed by atoms with Gasteiger partial charge in [-0.05, 0) is 30.5 Å². The Morgan fingerprint density at radius 3 is 2.79 bits per heavy atom. The number of nitrogen functional groups attached to an aromatic ring is 1. The van der Waals surface area contributed by atoms with Gasteiger partial charge in [-0.15, -0.1) is 0 Å². The molecule has 0 spiro atoms. The van der Waals surface area contributed by atoms with Gasteiger partial charge in [-0.1, -0.05) is 6.07 Å². The van der Waals surface area contributed by atoms with Gasteiger partial charge in [0.1, 0.15) is 11.6 Å². The number of aliphatic hydroxyl groups is 1. The third-order valence-electron chi connectivity index (χ3n) is 3.39. The molecule has 5 nitrogen and oxygen atoms in total. The molecule has 0 heterocycles. The summed E-state index contributed by atoms with van der Waals surface area (Å²) >= 11 is 0. The van der Waals surface area contributed by atoms with Gasteiger partial charge in [-0.2, -0.15) is 0 Å². The van der Waals surface area contributed by atoms with Crippen molar-refractivity contribution in [2.75, 3.05) is 20.3 Å². The molecule has 1 saturated carbocycles. The summed E-state index contributed by atoms with van der Waals surface area (Å²) in [4.78, 5) is 2.28. The molecule has 19 heavy (non-hydrogen) atoms. The summed E-state index contributed by atoms with van der Waals surface area (Å²) in [6, 6.07) is 6.31. The predicted octanol–water partition coefficient (Wildman–Crippen LogP) is 0.936. The lowest BCUT2D eigenvalue weighted by molar-refractivity contribution is 0.183. The number of nitrogens with one attached hydrogen (secondary N) is 1. The van der Waals surface area contributed by atoms with Gasteiger partial charge in [0.15, 0.2) is 0 Å². The van der Waals surface area contributed by atoms with Crippen molar-refractivity contribution in [1.82, 2.24) is 4.90 Å². The van der Waals surface area contributed by atoms with Crippen molar-refractivity contribution in [3.05, 3.63) is 29.3 Å². The molecule has 0 bridgehead atoms. The average molecular weight is 263 g/mol. The number of hydrogen-bond acceptors (Lipinski definition) is 4. The van der Waals surface area contributed by atoms with E-state index in [2.05, 4.69) is 4.90 Å². The molecular formula is C14H21N3O2. The number of benzene rings is 1. The van der Waals surface area contributed by atoms with Crippen LogP contribution in [0.2, 0.25) is 0 Å². The van der Waals surface area contributed by atoms with Crippen LogP contribution in [0.1, 0.15) is 24.0 Å². The maximum Gasteiger partial charge on any atom is 0.130 e. The highest BCUT2D eigenvalue weighted by Gasteiger charge is 2.28. The first-order valence-corrected chi connectivity index (χ1v) is 6.52. The fourth-order valence-corrected chi connectivity index (χ4v) is 2.25. The molecule has 0 saturated heterocycles. The molecule has 1 aromatic carbocycles. The third kappa shape index (κ3) is 3.45. The Bertz CT molecular complexity index is 458. The van der Waals surface area contributed by atoms with Crippen molar-refractivity contribution >= 4 is 5.84 Å². The van der Waals surface area contributed by atoms with E-state index in [0.29, 0.717) is 23.9 Å². The summed E-state index contributed by atoms with van der Waals surface area (Å²) in [5.74, 6) is 0.641. The highest BCUT2D eigenvalue weighted by atomic mass is 16.5. The van der Waals surface area contributed by atoms with Crippen molar-refractivity contribution in [2.24, 2.45) is 5.73 Å². The largest absolute Gasteiger partial charge is 0.496 e. The van der Waals surface area contributed by atoms with Gasteiger partial charge in [-0.25, -0.2) is 0 Å². The Labute approximate surface area is 113 Å². The van der Waals surface area contributed by atoms with Crippen molar-refractivity contribution in [2.45, 2.75) is 25.4 Å². The van der Waals surface area contributed by atoms with Gasteiger partial charge in [0.25, 0.3) is 0 Å². The molecule has 0 atom stereocenters. The SMILES string of the molecule is COc1cc(CN(CCO)C2CC2)ccc1C(=N)N. The van der Waals surface area contributed by atoms with Crippen LogP contribution < -0.4 is 10.5 Å². The van der Waals surface area contributed by atoms with Crippen molar-refractivity contribution in [3.8, 4) is 5.75 Å². The Hall–Kier alpha value is -1.59. The third-order valence-corrected chi connectivity index (χ3v) is 3.39.